The van der Waals surface area contributed by atoms with Crippen LogP contribution >= 0.6 is 0 Å². The molecule has 0 aliphatic carbocycles. The third-order valence-corrected chi connectivity index (χ3v) is 2.75. The second-order valence-electron chi connectivity index (χ2n) is 3.79. The van der Waals surface area contributed by atoms with Gasteiger partial charge in [0, 0.05) is 6.04 Å². The van der Waals surface area contributed by atoms with Crippen LogP contribution in [0, 0.1) is 5.41 Å². The highest BCUT2D eigenvalue weighted by Crippen LogP contribution is 2.14. The summed E-state index contributed by atoms with van der Waals surface area (Å²) < 4.78 is 0. The first kappa shape index (κ1) is 11.8. The zero-order valence-electron chi connectivity index (χ0n) is 8.86. The molecule has 1 rings (SSSR count). The molecule has 0 bridgehead atoms. The van der Waals surface area contributed by atoms with E-state index in [0.717, 1.165) is 25.9 Å². The minimum Gasteiger partial charge on any atom is -0.480 e. The Bertz CT molecular complexity index is 250. The van der Waals surface area contributed by atoms with Gasteiger partial charge in [-0.15, -0.1) is 0 Å². The fourth-order valence-electron chi connectivity index (χ4n) is 1.93. The molecule has 1 atom stereocenters. The van der Waals surface area contributed by atoms with E-state index in [4.69, 9.17) is 16.2 Å². The predicted molar refractivity (Wildman–Crippen MR) is 56.7 cm³/mol. The van der Waals surface area contributed by atoms with Crippen molar-refractivity contribution in [2.45, 2.75) is 31.8 Å². The molecule has 0 aromatic rings. The monoisotopic (exact) mass is 214 g/mol. The molecule has 5 N–H and O–H groups in total. The van der Waals surface area contributed by atoms with Gasteiger partial charge in [-0.3, -0.25) is 5.41 Å². The summed E-state index contributed by atoms with van der Waals surface area (Å²) in [4.78, 5) is 12.4. The molecule has 0 radical (unpaired) electrons. The van der Waals surface area contributed by atoms with Crippen LogP contribution < -0.4 is 11.1 Å². The zero-order valence-corrected chi connectivity index (χ0v) is 8.86. The van der Waals surface area contributed by atoms with Gasteiger partial charge in [0.1, 0.15) is 6.04 Å². The summed E-state index contributed by atoms with van der Waals surface area (Å²) in [6.07, 6.45) is 1.66. The Labute approximate surface area is 88.9 Å². The molecule has 0 aromatic heterocycles. The predicted octanol–water partition coefficient (Wildman–Crippen LogP) is -0.593. The number of carbonyl (C=O) groups is 1. The highest BCUT2D eigenvalue weighted by atomic mass is 16.4. The lowest BCUT2D eigenvalue weighted by Gasteiger charge is -2.37. The van der Waals surface area contributed by atoms with Gasteiger partial charge in [-0.1, -0.05) is 0 Å². The molecule has 1 fully saturated rings. The third kappa shape index (κ3) is 2.82. The molecule has 1 heterocycles. The molecular weight excluding hydrogens is 196 g/mol. The number of nitrogens with one attached hydrogen (secondary N) is 2. The van der Waals surface area contributed by atoms with Crippen LogP contribution in [0.2, 0.25) is 0 Å². The van der Waals surface area contributed by atoms with Crippen molar-refractivity contribution in [1.82, 2.24) is 10.2 Å². The maximum absolute atomic E-state index is 10.9. The van der Waals surface area contributed by atoms with Gasteiger partial charge in [-0.25, -0.2) is 4.79 Å². The largest absolute Gasteiger partial charge is 0.480 e. The van der Waals surface area contributed by atoms with E-state index in [2.05, 4.69) is 5.32 Å². The van der Waals surface area contributed by atoms with Crippen LogP contribution in [0.1, 0.15) is 19.8 Å². The average Bonchev–Trinajstić information content (AvgIpc) is 2.18. The quantitative estimate of drug-likeness (QED) is 0.371. The minimum atomic E-state index is -0.941. The number of carboxylic acid groups (broad SMARTS) is 1. The van der Waals surface area contributed by atoms with Crippen LogP contribution in [0.5, 0.6) is 0 Å². The van der Waals surface area contributed by atoms with Gasteiger partial charge in [0.2, 0.25) is 0 Å². The molecule has 1 aliphatic rings. The first-order valence-electron chi connectivity index (χ1n) is 5.10. The molecule has 1 saturated heterocycles. The number of carboxylic acids is 1. The third-order valence-electron chi connectivity index (χ3n) is 2.75. The van der Waals surface area contributed by atoms with Crippen molar-refractivity contribution in [3.8, 4) is 0 Å². The van der Waals surface area contributed by atoms with Crippen molar-refractivity contribution in [2.24, 2.45) is 5.73 Å². The van der Waals surface area contributed by atoms with E-state index in [9.17, 15) is 4.79 Å². The molecular formula is C9H18N4O2. The molecule has 15 heavy (non-hydrogen) atoms. The Morgan fingerprint density at radius 1 is 1.60 bits per heavy atom. The highest BCUT2D eigenvalue weighted by Gasteiger charge is 2.29. The topological polar surface area (TPSA) is 102 Å². The molecule has 6 heteroatoms. The highest BCUT2D eigenvalue weighted by molar-refractivity contribution is 5.82. The van der Waals surface area contributed by atoms with Gasteiger partial charge in [-0.2, -0.15) is 0 Å². The van der Waals surface area contributed by atoms with Gasteiger partial charge in [0.15, 0.2) is 5.96 Å². The summed E-state index contributed by atoms with van der Waals surface area (Å²) in [7, 11) is 0. The number of hydrogen-bond donors (Lipinski definition) is 4. The molecule has 6 nitrogen and oxygen atoms in total. The molecule has 1 aliphatic heterocycles. The van der Waals surface area contributed by atoms with Crippen molar-refractivity contribution in [1.29, 1.82) is 5.41 Å². The van der Waals surface area contributed by atoms with Gasteiger partial charge in [0.05, 0.1) is 0 Å². The number of piperidine rings is 1. The SMILES string of the molecule is CC(C(=O)O)N(C(=N)N)C1CCNCC1. The Balaban J connectivity index is 2.71. The lowest BCUT2D eigenvalue weighted by atomic mass is 10.0. The fraction of sp³-hybridized carbons (Fsp3) is 0.778. The molecule has 1 unspecified atom stereocenters. The van der Waals surface area contributed by atoms with Crippen molar-refractivity contribution >= 4 is 11.9 Å². The van der Waals surface area contributed by atoms with E-state index >= 15 is 0 Å². The molecule has 0 aromatic carbocycles. The normalized spacial score (nSPS) is 19.5. The molecule has 86 valence electrons. The van der Waals surface area contributed by atoms with E-state index in [-0.39, 0.29) is 12.0 Å². The number of hydrogen-bond acceptors (Lipinski definition) is 3. The Kier molecular flexibility index (Phi) is 3.90. The zero-order chi connectivity index (χ0) is 11.4. The van der Waals surface area contributed by atoms with Gasteiger partial charge >= 0.3 is 5.97 Å². The van der Waals surface area contributed by atoms with Gasteiger partial charge < -0.3 is 21.1 Å². The van der Waals surface area contributed by atoms with Crippen LogP contribution in [0.4, 0.5) is 0 Å². The van der Waals surface area contributed by atoms with E-state index in [1.807, 2.05) is 0 Å². The first-order chi connectivity index (χ1) is 7.04. The Morgan fingerprint density at radius 2 is 2.13 bits per heavy atom. The van der Waals surface area contributed by atoms with Crippen LogP contribution in [0.25, 0.3) is 0 Å². The molecule has 0 spiro atoms. The fourth-order valence-corrected chi connectivity index (χ4v) is 1.93. The second-order valence-corrected chi connectivity index (χ2v) is 3.79. The van der Waals surface area contributed by atoms with Crippen molar-refractivity contribution in [3.63, 3.8) is 0 Å². The first-order valence-corrected chi connectivity index (χ1v) is 5.10. The summed E-state index contributed by atoms with van der Waals surface area (Å²) >= 11 is 0. The van der Waals surface area contributed by atoms with Crippen LogP contribution in [-0.2, 0) is 4.79 Å². The number of guanidine groups is 1. The van der Waals surface area contributed by atoms with Crippen LogP contribution in [0.15, 0.2) is 0 Å². The number of rotatable bonds is 3. The maximum Gasteiger partial charge on any atom is 0.326 e. The van der Waals surface area contributed by atoms with E-state index in [0.29, 0.717) is 0 Å². The van der Waals surface area contributed by atoms with Crippen molar-refractivity contribution in [2.75, 3.05) is 13.1 Å². The summed E-state index contributed by atoms with van der Waals surface area (Å²) in [6, 6.07) is -0.666. The standard InChI is InChI=1S/C9H18N4O2/c1-6(8(14)15)13(9(10)11)7-2-4-12-5-3-7/h6-7,12H,2-5H2,1H3,(H3,10,11)(H,14,15). The van der Waals surface area contributed by atoms with Crippen molar-refractivity contribution < 1.29 is 9.90 Å². The summed E-state index contributed by atoms with van der Waals surface area (Å²) in [6.45, 7) is 3.26. The molecule has 0 amide bonds. The Morgan fingerprint density at radius 3 is 2.53 bits per heavy atom. The minimum absolute atomic E-state index is 0.0647. The molecule has 0 saturated carbocycles. The Hall–Kier alpha value is -1.30. The van der Waals surface area contributed by atoms with Crippen molar-refractivity contribution in [3.05, 3.63) is 0 Å². The number of nitrogens with zero attached hydrogens (tertiary/aromatic N) is 1. The van der Waals surface area contributed by atoms with E-state index < -0.39 is 12.0 Å². The lowest BCUT2D eigenvalue weighted by molar-refractivity contribution is -0.142. The van der Waals surface area contributed by atoms with Gasteiger partial charge in [0.25, 0.3) is 0 Å². The van der Waals surface area contributed by atoms with E-state index in [1.54, 1.807) is 6.92 Å². The summed E-state index contributed by atoms with van der Waals surface area (Å²) in [5.41, 5.74) is 5.43. The summed E-state index contributed by atoms with van der Waals surface area (Å²) in [5.74, 6) is -1.10. The van der Waals surface area contributed by atoms with E-state index in [1.165, 1.54) is 4.90 Å². The number of nitrogens with two attached hydrogens (primary N) is 1. The van der Waals surface area contributed by atoms with Gasteiger partial charge in [-0.05, 0) is 32.9 Å². The summed E-state index contributed by atoms with van der Waals surface area (Å²) in [5, 5.41) is 19.5. The average molecular weight is 214 g/mol. The second kappa shape index (κ2) is 4.97. The maximum atomic E-state index is 10.9. The number of aliphatic carboxylic acids is 1. The van der Waals surface area contributed by atoms with Crippen LogP contribution in [-0.4, -0.2) is 47.1 Å². The lowest BCUT2D eigenvalue weighted by Crippen LogP contribution is -2.54. The smallest absolute Gasteiger partial charge is 0.326 e. The van der Waals surface area contributed by atoms with Crippen LogP contribution in [0.3, 0.4) is 0 Å².